The van der Waals surface area contributed by atoms with Crippen LogP contribution in [-0.4, -0.2) is 28.7 Å². The zero-order valence-corrected chi connectivity index (χ0v) is 40.6. The number of para-hydroxylation sites is 4. The number of nitrogens with zero attached hydrogens (tertiary/aromatic N) is 6. The fourth-order valence-electron chi connectivity index (χ4n) is 11.4. The Hall–Kier alpha value is -10.2. The second kappa shape index (κ2) is 17.3. The van der Waals surface area contributed by atoms with Crippen LogP contribution in [0.25, 0.3) is 139 Å². The van der Waals surface area contributed by atoms with E-state index in [9.17, 15) is 0 Å². The first-order chi connectivity index (χ1) is 37.2. The smallest absolute Gasteiger partial charge is 0.164 e. The second-order valence-corrected chi connectivity index (χ2v) is 19.2. The normalized spacial score (nSPS) is 11.7. The molecule has 6 nitrogen and oxygen atoms in total. The first kappa shape index (κ1) is 42.5. The number of aromatic nitrogens is 6. The van der Waals surface area contributed by atoms with Gasteiger partial charge in [-0.3, -0.25) is 0 Å². The van der Waals surface area contributed by atoms with Crippen molar-refractivity contribution in [3.05, 3.63) is 267 Å². The number of fused-ring (bicyclic) bond motifs is 9. The molecule has 6 heteroatoms. The number of hydrogen-bond acceptors (Lipinski definition) is 3. The predicted molar refractivity (Wildman–Crippen MR) is 310 cm³/mol. The Kier molecular flexibility index (Phi) is 9.78. The number of hydrogen-bond donors (Lipinski definition) is 0. The minimum Gasteiger partial charge on any atom is -0.309 e. The minimum absolute atomic E-state index is 0.624. The summed E-state index contributed by atoms with van der Waals surface area (Å²) >= 11 is 0. The molecule has 0 amide bonds. The van der Waals surface area contributed by atoms with Gasteiger partial charge >= 0.3 is 0 Å². The van der Waals surface area contributed by atoms with Crippen molar-refractivity contribution in [1.82, 2.24) is 28.7 Å². The van der Waals surface area contributed by atoms with Gasteiger partial charge in [-0.15, -0.1) is 0 Å². The predicted octanol–water partition coefficient (Wildman–Crippen LogP) is 17.5. The molecule has 4 aromatic heterocycles. The van der Waals surface area contributed by atoms with E-state index in [-0.39, 0.29) is 0 Å². The molecule has 350 valence electrons. The highest BCUT2D eigenvalue weighted by atomic mass is 15.0. The molecular formula is C69H44N6. The Morgan fingerprint density at radius 1 is 0.187 bits per heavy atom. The summed E-state index contributed by atoms with van der Waals surface area (Å²) in [6, 6.07) is 95.5. The van der Waals surface area contributed by atoms with Crippen molar-refractivity contribution in [2.24, 2.45) is 0 Å². The summed E-state index contributed by atoms with van der Waals surface area (Å²) in [6.45, 7) is 0. The van der Waals surface area contributed by atoms with E-state index in [1.807, 2.05) is 60.7 Å². The third-order valence-electron chi connectivity index (χ3n) is 14.9. The molecule has 15 aromatic rings. The summed E-state index contributed by atoms with van der Waals surface area (Å²) in [5.74, 6) is 1.90. The van der Waals surface area contributed by atoms with Crippen LogP contribution in [0.15, 0.2) is 267 Å². The molecule has 15 rings (SSSR count). The van der Waals surface area contributed by atoms with Crippen LogP contribution in [0.2, 0.25) is 0 Å². The summed E-state index contributed by atoms with van der Waals surface area (Å²) in [6.07, 6.45) is 0. The van der Waals surface area contributed by atoms with E-state index >= 15 is 0 Å². The van der Waals surface area contributed by atoms with E-state index in [1.54, 1.807) is 0 Å². The Labute approximate surface area is 432 Å². The fraction of sp³-hybridized carbons (Fsp3) is 0. The van der Waals surface area contributed by atoms with Gasteiger partial charge in [-0.1, -0.05) is 158 Å². The average Bonchev–Trinajstić information content (AvgIpc) is 4.18. The topological polar surface area (TPSA) is 53.5 Å². The lowest BCUT2D eigenvalue weighted by Crippen LogP contribution is -2.00. The Morgan fingerprint density at radius 3 is 0.800 bits per heavy atom. The summed E-state index contributed by atoms with van der Waals surface area (Å²) < 4.78 is 7.15. The maximum absolute atomic E-state index is 5.04. The van der Waals surface area contributed by atoms with Gasteiger partial charge in [-0.2, -0.15) is 0 Å². The molecule has 0 bridgehead atoms. The van der Waals surface area contributed by atoms with Gasteiger partial charge in [0, 0.05) is 66.1 Å². The maximum atomic E-state index is 5.04. The lowest BCUT2D eigenvalue weighted by Gasteiger charge is -2.11. The van der Waals surface area contributed by atoms with Crippen LogP contribution in [0.5, 0.6) is 0 Å². The summed E-state index contributed by atoms with van der Waals surface area (Å²) in [7, 11) is 0. The van der Waals surface area contributed by atoms with Gasteiger partial charge < -0.3 is 13.7 Å². The third kappa shape index (κ3) is 7.07. The molecule has 0 aliphatic rings. The first-order valence-electron chi connectivity index (χ1n) is 25.4. The standard InChI is InChI=1S/C69H44N6/c1-5-17-45(18-6-1)67-70-68(46-19-7-2-8-20-46)72-69(71-67)47-29-35-54(36-30-47)75-65-39-33-50(48-31-37-63-57(41-48)55-25-13-15-27-61(55)73(63)52-21-9-3-10-22-52)43-59(65)60-44-51(34-40-66(60)75)49-32-38-64-58(42-49)56-26-14-16-28-62(56)74(64)53-23-11-4-12-24-53/h1-44H. The van der Waals surface area contributed by atoms with Crippen LogP contribution < -0.4 is 0 Å². The average molecular weight is 957 g/mol. The van der Waals surface area contributed by atoms with Gasteiger partial charge in [-0.25, -0.2) is 15.0 Å². The Balaban J connectivity index is 0.897. The summed E-state index contributed by atoms with van der Waals surface area (Å²) in [4.78, 5) is 15.0. The van der Waals surface area contributed by atoms with Crippen LogP contribution in [-0.2, 0) is 0 Å². The van der Waals surface area contributed by atoms with Gasteiger partial charge in [0.05, 0.1) is 33.1 Å². The Morgan fingerprint density at radius 2 is 0.440 bits per heavy atom. The van der Waals surface area contributed by atoms with Crippen molar-refractivity contribution in [3.8, 4) is 73.5 Å². The van der Waals surface area contributed by atoms with Gasteiger partial charge in [-0.05, 0) is 131 Å². The molecule has 75 heavy (non-hydrogen) atoms. The molecule has 0 fully saturated rings. The first-order valence-corrected chi connectivity index (χ1v) is 25.4. The highest BCUT2D eigenvalue weighted by Gasteiger charge is 2.20. The molecule has 4 heterocycles. The van der Waals surface area contributed by atoms with Gasteiger partial charge in [0.1, 0.15) is 0 Å². The lowest BCUT2D eigenvalue weighted by molar-refractivity contribution is 1.07. The largest absolute Gasteiger partial charge is 0.309 e. The van der Waals surface area contributed by atoms with Crippen molar-refractivity contribution in [2.45, 2.75) is 0 Å². The van der Waals surface area contributed by atoms with E-state index in [4.69, 9.17) is 15.0 Å². The highest BCUT2D eigenvalue weighted by molar-refractivity contribution is 6.14. The molecule has 0 unspecified atom stereocenters. The van der Waals surface area contributed by atoms with Crippen LogP contribution in [0.1, 0.15) is 0 Å². The summed E-state index contributed by atoms with van der Waals surface area (Å²) in [5, 5.41) is 7.28. The van der Waals surface area contributed by atoms with Crippen molar-refractivity contribution in [2.75, 3.05) is 0 Å². The van der Waals surface area contributed by atoms with Crippen LogP contribution in [0, 0.1) is 0 Å². The third-order valence-corrected chi connectivity index (χ3v) is 14.9. The van der Waals surface area contributed by atoms with Crippen molar-refractivity contribution in [3.63, 3.8) is 0 Å². The summed E-state index contributed by atoms with van der Waals surface area (Å²) in [5.41, 5.74) is 17.8. The molecule has 0 aliphatic heterocycles. The Bertz CT molecular complexity index is 4400. The molecule has 11 aromatic carbocycles. The van der Waals surface area contributed by atoms with E-state index in [1.165, 1.54) is 65.5 Å². The van der Waals surface area contributed by atoms with Crippen molar-refractivity contribution < 1.29 is 0 Å². The molecule has 0 spiro atoms. The van der Waals surface area contributed by atoms with Crippen LogP contribution in [0.4, 0.5) is 0 Å². The highest BCUT2D eigenvalue weighted by Crippen LogP contribution is 2.41. The molecule has 0 N–H and O–H groups in total. The van der Waals surface area contributed by atoms with Crippen LogP contribution >= 0.6 is 0 Å². The zero-order valence-electron chi connectivity index (χ0n) is 40.6. The number of benzene rings is 11. The molecule has 0 atom stereocenters. The van der Waals surface area contributed by atoms with Gasteiger partial charge in [0.2, 0.25) is 0 Å². The molecular weight excluding hydrogens is 913 g/mol. The van der Waals surface area contributed by atoms with Crippen molar-refractivity contribution in [1.29, 1.82) is 0 Å². The maximum Gasteiger partial charge on any atom is 0.164 e. The second-order valence-electron chi connectivity index (χ2n) is 19.2. The quantitative estimate of drug-likeness (QED) is 0.152. The van der Waals surface area contributed by atoms with Gasteiger partial charge in [0.15, 0.2) is 17.5 Å². The lowest BCUT2D eigenvalue weighted by atomic mass is 9.98. The zero-order chi connectivity index (χ0) is 49.4. The van der Waals surface area contributed by atoms with Crippen LogP contribution in [0.3, 0.4) is 0 Å². The number of rotatable bonds is 8. The molecule has 0 aliphatic carbocycles. The van der Waals surface area contributed by atoms with E-state index in [0.717, 1.165) is 55.9 Å². The SMILES string of the molecule is c1ccc(-c2nc(-c3ccccc3)nc(-c3ccc(-n4c5ccc(-c6ccc7c(c6)c6ccccc6n7-c6ccccc6)cc5c5cc(-c6ccc7c(c6)c6ccccc6n7-c6ccccc6)ccc54)cc3)n2)cc1. The monoisotopic (exact) mass is 956 g/mol. The minimum atomic E-state index is 0.624. The van der Waals surface area contributed by atoms with E-state index in [2.05, 4.69) is 220 Å². The van der Waals surface area contributed by atoms with Gasteiger partial charge in [0.25, 0.3) is 0 Å². The molecule has 0 saturated carbocycles. The van der Waals surface area contributed by atoms with E-state index in [0.29, 0.717) is 17.5 Å². The molecule has 0 saturated heterocycles. The van der Waals surface area contributed by atoms with E-state index < -0.39 is 0 Å². The fourth-order valence-corrected chi connectivity index (χ4v) is 11.4. The van der Waals surface area contributed by atoms with Crippen molar-refractivity contribution >= 4 is 65.4 Å². The molecule has 0 radical (unpaired) electrons.